The van der Waals surface area contributed by atoms with Crippen molar-refractivity contribution in [3.63, 3.8) is 0 Å². The highest BCUT2D eigenvalue weighted by Gasteiger charge is 2.36. The van der Waals surface area contributed by atoms with Crippen LogP contribution in [0.3, 0.4) is 0 Å². The van der Waals surface area contributed by atoms with Gasteiger partial charge in [0.05, 0.1) is 22.4 Å². The summed E-state index contributed by atoms with van der Waals surface area (Å²) in [5, 5.41) is 3.53. The molecule has 1 saturated heterocycles. The van der Waals surface area contributed by atoms with Gasteiger partial charge in [-0.2, -0.15) is 0 Å². The molecule has 3 rings (SSSR count). The minimum absolute atomic E-state index is 0.115. The summed E-state index contributed by atoms with van der Waals surface area (Å²) >= 11 is 0. The summed E-state index contributed by atoms with van der Waals surface area (Å²) in [6, 6.07) is 6.15. The summed E-state index contributed by atoms with van der Waals surface area (Å²) in [7, 11) is 0. The monoisotopic (exact) mass is 335 g/mol. The molecule has 0 radical (unpaired) electrons. The molecule has 1 aliphatic heterocycles. The summed E-state index contributed by atoms with van der Waals surface area (Å²) in [5.74, 6) is 0. The third-order valence-electron chi connectivity index (χ3n) is 4.30. The van der Waals surface area contributed by atoms with Crippen molar-refractivity contribution in [1.82, 2.24) is 20.2 Å². The zero-order valence-electron chi connectivity index (χ0n) is 14.9. The Bertz CT molecular complexity index is 827. The Morgan fingerprint density at radius 3 is 2.68 bits per heavy atom. The molecular formula is C20H25N5. The number of aromatic nitrogens is 2. The van der Waals surface area contributed by atoms with Gasteiger partial charge in [0.2, 0.25) is 0 Å². The standard InChI is InChI=1S/C20H25N5/c1-4-6-19(25-13-20(3,21)14-25)16(5-2)24-12-15-7-8-17-18(11-15)23-10-9-22-17/h4-11,24H,1,12-14,21H2,2-3H3/b16-5+,19-6+. The fourth-order valence-corrected chi connectivity index (χ4v) is 3.13. The first-order valence-electron chi connectivity index (χ1n) is 8.49. The topological polar surface area (TPSA) is 67.1 Å². The molecule has 0 unspecified atom stereocenters. The van der Waals surface area contributed by atoms with Crippen LogP contribution in [-0.4, -0.2) is 33.5 Å². The molecule has 0 atom stereocenters. The summed E-state index contributed by atoms with van der Waals surface area (Å²) in [5.41, 5.74) is 11.2. The Morgan fingerprint density at radius 1 is 1.32 bits per heavy atom. The fraction of sp³-hybridized carbons (Fsp3) is 0.300. The zero-order chi connectivity index (χ0) is 17.9. The van der Waals surface area contributed by atoms with Gasteiger partial charge in [-0.15, -0.1) is 0 Å². The number of benzene rings is 1. The second-order valence-corrected chi connectivity index (χ2v) is 6.73. The van der Waals surface area contributed by atoms with Crippen LogP contribution >= 0.6 is 0 Å². The first-order valence-corrected chi connectivity index (χ1v) is 8.49. The molecule has 0 aliphatic carbocycles. The predicted molar refractivity (Wildman–Crippen MR) is 103 cm³/mol. The van der Waals surface area contributed by atoms with Crippen LogP contribution in [0.25, 0.3) is 11.0 Å². The van der Waals surface area contributed by atoms with Gasteiger partial charge < -0.3 is 16.0 Å². The van der Waals surface area contributed by atoms with Crippen molar-refractivity contribution in [2.24, 2.45) is 5.73 Å². The van der Waals surface area contributed by atoms with Crippen molar-refractivity contribution in [2.45, 2.75) is 25.9 Å². The van der Waals surface area contributed by atoms with E-state index in [1.165, 1.54) is 0 Å². The van der Waals surface area contributed by atoms with Crippen molar-refractivity contribution in [3.8, 4) is 0 Å². The smallest absolute Gasteiger partial charge is 0.0890 e. The van der Waals surface area contributed by atoms with Gasteiger partial charge >= 0.3 is 0 Å². The van der Waals surface area contributed by atoms with E-state index in [0.717, 1.165) is 41.1 Å². The summed E-state index contributed by atoms with van der Waals surface area (Å²) in [4.78, 5) is 11.0. The predicted octanol–water partition coefficient (Wildman–Crippen LogP) is 2.73. The van der Waals surface area contributed by atoms with E-state index in [4.69, 9.17) is 5.73 Å². The largest absolute Gasteiger partial charge is 0.380 e. The van der Waals surface area contributed by atoms with Gasteiger partial charge in [0.25, 0.3) is 0 Å². The molecule has 1 aromatic carbocycles. The third-order valence-corrected chi connectivity index (χ3v) is 4.30. The molecule has 0 spiro atoms. The summed E-state index contributed by atoms with van der Waals surface area (Å²) in [6.45, 7) is 10.4. The minimum atomic E-state index is -0.115. The molecule has 130 valence electrons. The van der Waals surface area contributed by atoms with Gasteiger partial charge in [-0.05, 0) is 37.6 Å². The molecule has 1 aromatic heterocycles. The van der Waals surface area contributed by atoms with Gasteiger partial charge in [0, 0.05) is 37.6 Å². The fourth-order valence-electron chi connectivity index (χ4n) is 3.13. The van der Waals surface area contributed by atoms with Crippen molar-refractivity contribution in [2.75, 3.05) is 13.1 Å². The number of allylic oxidation sites excluding steroid dienone is 3. The van der Waals surface area contributed by atoms with Crippen LogP contribution < -0.4 is 11.1 Å². The number of likely N-dealkylation sites (tertiary alicyclic amines) is 1. The molecule has 5 heteroatoms. The molecule has 5 nitrogen and oxygen atoms in total. The molecule has 2 heterocycles. The molecule has 2 aromatic rings. The number of hydrogen-bond donors (Lipinski definition) is 2. The van der Waals surface area contributed by atoms with Crippen LogP contribution in [0.5, 0.6) is 0 Å². The van der Waals surface area contributed by atoms with Crippen LogP contribution in [-0.2, 0) is 6.54 Å². The SMILES string of the molecule is C=C/C=C(\C(=C/C)NCc1ccc2nccnc2c1)N1CC(C)(N)C1. The molecular weight excluding hydrogens is 310 g/mol. The minimum Gasteiger partial charge on any atom is -0.380 e. The molecule has 3 N–H and O–H groups in total. The van der Waals surface area contributed by atoms with Gasteiger partial charge in [-0.25, -0.2) is 0 Å². The number of nitrogens with one attached hydrogen (secondary N) is 1. The van der Waals surface area contributed by atoms with Gasteiger partial charge in [-0.1, -0.05) is 24.8 Å². The Labute approximate surface area is 149 Å². The summed E-state index contributed by atoms with van der Waals surface area (Å²) in [6.07, 6.45) is 9.36. The van der Waals surface area contributed by atoms with Crippen LogP contribution in [0.2, 0.25) is 0 Å². The molecule has 1 fully saturated rings. The number of fused-ring (bicyclic) bond motifs is 1. The van der Waals surface area contributed by atoms with Gasteiger partial charge in [-0.3, -0.25) is 9.97 Å². The third kappa shape index (κ3) is 3.88. The van der Waals surface area contributed by atoms with E-state index in [2.05, 4.69) is 51.9 Å². The summed E-state index contributed by atoms with van der Waals surface area (Å²) < 4.78 is 0. The molecule has 1 aliphatic rings. The Hall–Kier alpha value is -2.66. The first kappa shape index (κ1) is 17.2. The van der Waals surface area contributed by atoms with E-state index in [1.54, 1.807) is 12.4 Å². The van der Waals surface area contributed by atoms with E-state index >= 15 is 0 Å². The molecule has 0 amide bonds. The van der Waals surface area contributed by atoms with Crippen LogP contribution in [0.1, 0.15) is 19.4 Å². The number of nitrogens with two attached hydrogens (primary N) is 1. The highest BCUT2D eigenvalue weighted by molar-refractivity contribution is 5.74. The van der Waals surface area contributed by atoms with Crippen LogP contribution in [0, 0.1) is 0 Å². The van der Waals surface area contributed by atoms with Crippen LogP contribution in [0.15, 0.2) is 66.8 Å². The lowest BCUT2D eigenvalue weighted by Crippen LogP contribution is -2.65. The quantitative estimate of drug-likeness (QED) is 0.795. The maximum absolute atomic E-state index is 6.16. The number of nitrogens with zero attached hydrogens (tertiary/aromatic N) is 3. The van der Waals surface area contributed by atoms with E-state index < -0.39 is 0 Å². The highest BCUT2D eigenvalue weighted by Crippen LogP contribution is 2.26. The molecule has 0 saturated carbocycles. The lowest BCUT2D eigenvalue weighted by molar-refractivity contribution is 0.125. The first-order chi connectivity index (χ1) is 12.0. The Balaban J connectivity index is 1.72. The number of hydrogen-bond acceptors (Lipinski definition) is 5. The lowest BCUT2D eigenvalue weighted by Gasteiger charge is -2.48. The maximum atomic E-state index is 6.16. The molecule has 25 heavy (non-hydrogen) atoms. The van der Waals surface area contributed by atoms with Crippen molar-refractivity contribution in [3.05, 3.63) is 72.4 Å². The van der Waals surface area contributed by atoms with Gasteiger partial charge in [0.15, 0.2) is 0 Å². The second-order valence-electron chi connectivity index (χ2n) is 6.73. The van der Waals surface area contributed by atoms with Crippen molar-refractivity contribution >= 4 is 11.0 Å². The van der Waals surface area contributed by atoms with Crippen molar-refractivity contribution in [1.29, 1.82) is 0 Å². The second kappa shape index (κ2) is 7.07. The van der Waals surface area contributed by atoms with E-state index in [0.29, 0.717) is 6.54 Å². The van der Waals surface area contributed by atoms with Gasteiger partial charge in [0.1, 0.15) is 0 Å². The van der Waals surface area contributed by atoms with E-state index in [1.807, 2.05) is 25.1 Å². The Morgan fingerprint density at radius 2 is 2.04 bits per heavy atom. The Kier molecular flexibility index (Phi) is 4.86. The zero-order valence-corrected chi connectivity index (χ0v) is 14.9. The normalized spacial score (nSPS) is 17.3. The number of rotatable bonds is 6. The highest BCUT2D eigenvalue weighted by atomic mass is 15.3. The van der Waals surface area contributed by atoms with E-state index in [-0.39, 0.29) is 5.54 Å². The average molecular weight is 335 g/mol. The average Bonchev–Trinajstić information content (AvgIpc) is 2.59. The molecule has 0 bridgehead atoms. The lowest BCUT2D eigenvalue weighted by atomic mass is 9.92. The van der Waals surface area contributed by atoms with E-state index in [9.17, 15) is 0 Å². The van der Waals surface area contributed by atoms with Crippen molar-refractivity contribution < 1.29 is 0 Å². The maximum Gasteiger partial charge on any atom is 0.0890 e. The van der Waals surface area contributed by atoms with Crippen LogP contribution in [0.4, 0.5) is 0 Å².